The van der Waals surface area contributed by atoms with Crippen molar-refractivity contribution in [2.45, 2.75) is 53.0 Å². The summed E-state index contributed by atoms with van der Waals surface area (Å²) in [5.41, 5.74) is 4.30. The second-order valence-corrected chi connectivity index (χ2v) is 10.5. The normalized spacial score (nSPS) is 11.4. The summed E-state index contributed by atoms with van der Waals surface area (Å²) in [6.45, 7) is 9.22. The van der Waals surface area contributed by atoms with E-state index in [1.54, 1.807) is 8.87 Å². The SMILES string of the molecule is CCCCCC[N+](C)(C)Cc1ccc(-c2cc(C)[se]c2C)cc1.[Br-]. The Morgan fingerprint density at radius 3 is 2.17 bits per heavy atom. The molecule has 0 saturated heterocycles. The minimum absolute atomic E-state index is 0. The van der Waals surface area contributed by atoms with Crippen molar-refractivity contribution >= 4 is 14.5 Å². The quantitative estimate of drug-likeness (QED) is 0.324. The zero-order valence-corrected chi connectivity index (χ0v) is 19.2. The second kappa shape index (κ2) is 9.97. The Kier molecular flexibility index (Phi) is 9.01. The summed E-state index contributed by atoms with van der Waals surface area (Å²) in [7, 11) is 4.72. The van der Waals surface area contributed by atoms with Gasteiger partial charge in [0.25, 0.3) is 0 Å². The molecular formula is C21H32BrNSe. The van der Waals surface area contributed by atoms with Gasteiger partial charge in [0.1, 0.15) is 0 Å². The first kappa shape index (κ1) is 21.7. The predicted octanol–water partition coefficient (Wildman–Crippen LogP) is 2.19. The Morgan fingerprint density at radius 1 is 0.958 bits per heavy atom. The number of benzene rings is 1. The molecule has 2 rings (SSSR count). The molecule has 0 amide bonds. The van der Waals surface area contributed by atoms with Crippen LogP contribution in [0.4, 0.5) is 0 Å². The number of halogens is 1. The zero-order chi connectivity index (χ0) is 16.9. The maximum Gasteiger partial charge on any atom is -1.00 e. The standard InChI is InChI=1S/C21H32NSe.BrH/c1-6-7-8-9-14-22(4,5)16-19-10-12-20(13-11-19)21-15-17(2)23-18(21)3;/h10-13,15H,6-9,14,16H2,1-5H3;1H/q+1;/p-1. The van der Waals surface area contributed by atoms with E-state index in [2.05, 4.69) is 65.2 Å². The average Bonchev–Trinajstić information content (AvgIpc) is 2.83. The molecule has 0 saturated carbocycles. The Hall–Kier alpha value is -0.341. The molecule has 0 unspecified atom stereocenters. The Bertz CT molecular complexity index is 613. The Morgan fingerprint density at radius 2 is 1.62 bits per heavy atom. The smallest absolute Gasteiger partial charge is 1.00 e. The van der Waals surface area contributed by atoms with E-state index in [1.165, 1.54) is 48.9 Å². The zero-order valence-electron chi connectivity index (χ0n) is 15.9. The average molecular weight is 457 g/mol. The Balaban J connectivity index is 0.00000288. The molecule has 3 heteroatoms. The maximum absolute atomic E-state index is 2.37. The first-order chi connectivity index (χ1) is 10.9. The van der Waals surface area contributed by atoms with E-state index in [0.29, 0.717) is 14.5 Å². The van der Waals surface area contributed by atoms with Crippen molar-refractivity contribution in [3.05, 3.63) is 44.8 Å². The largest absolute Gasteiger partial charge is 1.00 e. The molecule has 1 heterocycles. The molecule has 1 aromatic heterocycles. The van der Waals surface area contributed by atoms with E-state index in [0.717, 1.165) is 11.0 Å². The molecule has 0 spiro atoms. The molecule has 0 aliphatic rings. The number of hydrogen-bond donors (Lipinski definition) is 0. The summed E-state index contributed by atoms with van der Waals surface area (Å²) < 4.78 is 4.20. The van der Waals surface area contributed by atoms with Gasteiger partial charge in [-0.05, 0) is 0 Å². The molecular weight excluding hydrogens is 425 g/mol. The van der Waals surface area contributed by atoms with Crippen LogP contribution in [0.2, 0.25) is 0 Å². The molecule has 1 nitrogen and oxygen atoms in total. The summed E-state index contributed by atoms with van der Waals surface area (Å²) in [4.78, 5) is 0. The molecule has 2 aromatic rings. The molecule has 0 aliphatic carbocycles. The van der Waals surface area contributed by atoms with Crippen LogP contribution in [0.5, 0.6) is 0 Å². The molecule has 0 atom stereocenters. The van der Waals surface area contributed by atoms with E-state index in [-0.39, 0.29) is 17.0 Å². The van der Waals surface area contributed by atoms with Crippen molar-refractivity contribution in [1.29, 1.82) is 0 Å². The number of quaternary nitrogens is 1. The number of nitrogens with zero attached hydrogens (tertiary/aromatic N) is 1. The van der Waals surface area contributed by atoms with Crippen LogP contribution in [0.3, 0.4) is 0 Å². The van der Waals surface area contributed by atoms with Crippen molar-refractivity contribution in [3.8, 4) is 11.1 Å². The molecule has 0 N–H and O–H groups in total. The van der Waals surface area contributed by atoms with E-state index >= 15 is 0 Å². The van der Waals surface area contributed by atoms with Crippen LogP contribution in [0.1, 0.15) is 47.0 Å². The molecule has 134 valence electrons. The molecule has 0 radical (unpaired) electrons. The van der Waals surface area contributed by atoms with Crippen LogP contribution >= 0.6 is 0 Å². The fourth-order valence-corrected chi connectivity index (χ4v) is 5.23. The van der Waals surface area contributed by atoms with Crippen molar-refractivity contribution in [2.75, 3.05) is 20.6 Å². The van der Waals surface area contributed by atoms with Gasteiger partial charge in [-0.15, -0.1) is 0 Å². The minimum Gasteiger partial charge on any atom is -1.00 e. The summed E-state index contributed by atoms with van der Waals surface area (Å²) in [5, 5.41) is 0. The van der Waals surface area contributed by atoms with Crippen LogP contribution < -0.4 is 17.0 Å². The van der Waals surface area contributed by atoms with Gasteiger partial charge in [0, 0.05) is 0 Å². The van der Waals surface area contributed by atoms with Gasteiger partial charge in [0.15, 0.2) is 0 Å². The Labute approximate surface area is 165 Å². The van der Waals surface area contributed by atoms with Crippen molar-refractivity contribution in [2.24, 2.45) is 0 Å². The van der Waals surface area contributed by atoms with Gasteiger partial charge >= 0.3 is 135 Å². The van der Waals surface area contributed by atoms with Crippen LogP contribution in [0.15, 0.2) is 30.3 Å². The van der Waals surface area contributed by atoms with Crippen molar-refractivity contribution < 1.29 is 21.5 Å². The first-order valence-electron chi connectivity index (χ1n) is 8.89. The van der Waals surface area contributed by atoms with Gasteiger partial charge < -0.3 is 17.0 Å². The molecule has 1 aromatic carbocycles. The molecule has 0 aliphatic heterocycles. The van der Waals surface area contributed by atoms with Crippen LogP contribution in [0, 0.1) is 13.8 Å². The second-order valence-electron chi connectivity index (χ2n) is 7.40. The van der Waals surface area contributed by atoms with E-state index in [9.17, 15) is 0 Å². The van der Waals surface area contributed by atoms with E-state index in [4.69, 9.17) is 0 Å². The third-order valence-corrected chi connectivity index (χ3v) is 6.56. The van der Waals surface area contributed by atoms with Gasteiger partial charge in [-0.3, -0.25) is 0 Å². The van der Waals surface area contributed by atoms with Crippen LogP contribution in [-0.2, 0) is 6.54 Å². The number of aryl methyl sites for hydroxylation is 2. The fourth-order valence-electron chi connectivity index (χ4n) is 3.25. The predicted molar refractivity (Wildman–Crippen MR) is 103 cm³/mol. The van der Waals surface area contributed by atoms with Gasteiger partial charge in [-0.2, -0.15) is 0 Å². The topological polar surface area (TPSA) is 0 Å². The van der Waals surface area contributed by atoms with Gasteiger partial charge in [0.05, 0.1) is 0 Å². The minimum atomic E-state index is 0. The number of unbranched alkanes of at least 4 members (excludes halogenated alkanes) is 3. The maximum atomic E-state index is 2.37. The van der Waals surface area contributed by atoms with Gasteiger partial charge in [-0.25, -0.2) is 0 Å². The molecule has 0 fully saturated rings. The summed E-state index contributed by atoms with van der Waals surface area (Å²) >= 11 is 0.575. The van der Waals surface area contributed by atoms with E-state index in [1.807, 2.05) is 0 Å². The third kappa shape index (κ3) is 6.52. The van der Waals surface area contributed by atoms with Gasteiger partial charge in [0.2, 0.25) is 0 Å². The number of hydrogen-bond acceptors (Lipinski definition) is 0. The van der Waals surface area contributed by atoms with Crippen molar-refractivity contribution in [1.82, 2.24) is 0 Å². The first-order valence-corrected chi connectivity index (χ1v) is 10.6. The third-order valence-electron chi connectivity index (χ3n) is 4.53. The summed E-state index contributed by atoms with van der Waals surface area (Å²) in [5.74, 6) is 0. The van der Waals surface area contributed by atoms with Crippen LogP contribution in [0.25, 0.3) is 11.1 Å². The monoisotopic (exact) mass is 457 g/mol. The molecule has 0 bridgehead atoms. The van der Waals surface area contributed by atoms with Crippen molar-refractivity contribution in [3.63, 3.8) is 0 Å². The fraction of sp³-hybridized carbons (Fsp3) is 0.524. The van der Waals surface area contributed by atoms with E-state index < -0.39 is 0 Å². The molecule has 24 heavy (non-hydrogen) atoms. The summed E-state index contributed by atoms with van der Waals surface area (Å²) in [6, 6.07) is 11.7. The van der Waals surface area contributed by atoms with Gasteiger partial charge in [-0.1, -0.05) is 13.3 Å². The number of rotatable bonds is 8. The van der Waals surface area contributed by atoms with Crippen LogP contribution in [-0.4, -0.2) is 39.6 Å². The summed E-state index contributed by atoms with van der Waals surface area (Å²) in [6.07, 6.45) is 5.41.